The smallest absolute Gasteiger partial charge is 0.223 e. The van der Waals surface area contributed by atoms with Crippen molar-refractivity contribution in [3.8, 4) is 17.3 Å². The number of hydrogen-bond donors (Lipinski definition) is 0. The fraction of sp³-hybridized carbons (Fsp3) is 0.200. The number of aromatic nitrogens is 3. The van der Waals surface area contributed by atoms with E-state index in [4.69, 9.17) is 0 Å². The van der Waals surface area contributed by atoms with Gasteiger partial charge in [-0.3, -0.25) is 14.4 Å². The molecule has 0 aliphatic heterocycles. The molecule has 9 heteroatoms. The van der Waals surface area contributed by atoms with Crippen LogP contribution in [0.1, 0.15) is 44.4 Å². The zero-order valence-corrected chi connectivity index (χ0v) is 22.3. The van der Waals surface area contributed by atoms with Crippen LogP contribution in [-0.4, -0.2) is 45.8 Å². The number of hydrogen-bond acceptors (Lipinski definition) is 6. The fourth-order valence-electron chi connectivity index (χ4n) is 4.73. The number of carbonyl (C=O) groups excluding carboxylic acids is 3. The Labute approximate surface area is 226 Å². The first-order chi connectivity index (χ1) is 18.8. The minimum atomic E-state index is -0.0947. The van der Waals surface area contributed by atoms with E-state index >= 15 is 0 Å². The minimum Gasteiger partial charge on any atom is -0.313 e. The van der Waals surface area contributed by atoms with Crippen molar-refractivity contribution in [1.82, 2.24) is 14.6 Å². The number of anilines is 2. The molecule has 0 radical (unpaired) electrons. The van der Waals surface area contributed by atoms with Gasteiger partial charge in [0, 0.05) is 55.6 Å². The number of nitrogens with zero attached hydrogens (tertiary/aromatic N) is 6. The Morgan fingerprint density at radius 1 is 0.974 bits per heavy atom. The van der Waals surface area contributed by atoms with Crippen LogP contribution in [0.3, 0.4) is 0 Å². The molecule has 0 bridgehead atoms. The second-order valence-corrected chi connectivity index (χ2v) is 8.77. The third kappa shape index (κ3) is 5.18. The molecule has 0 unspecified atom stereocenters. The SMILES string of the molecule is CCN(C(C)=O)c1cccc(C(=CC=O)c2cnc3c(C#N)cnn3c2-c2cccc(N(CC)C(C)=O)c2)c1. The average molecular weight is 521 g/mol. The van der Waals surface area contributed by atoms with Crippen LogP contribution in [0.25, 0.3) is 22.5 Å². The van der Waals surface area contributed by atoms with E-state index in [2.05, 4.69) is 16.2 Å². The Balaban J connectivity index is 2.01. The highest BCUT2D eigenvalue weighted by atomic mass is 16.2. The first-order valence-electron chi connectivity index (χ1n) is 12.5. The molecule has 2 heterocycles. The Morgan fingerprint density at radius 2 is 1.62 bits per heavy atom. The van der Waals surface area contributed by atoms with Gasteiger partial charge in [-0.15, -0.1) is 0 Å². The topological polar surface area (TPSA) is 112 Å². The van der Waals surface area contributed by atoms with E-state index in [-0.39, 0.29) is 11.8 Å². The maximum atomic E-state index is 12.3. The third-order valence-corrected chi connectivity index (χ3v) is 6.46. The number of benzene rings is 2. The van der Waals surface area contributed by atoms with Gasteiger partial charge in [0.15, 0.2) is 5.65 Å². The molecule has 4 aromatic rings. The molecule has 39 heavy (non-hydrogen) atoms. The molecule has 0 atom stereocenters. The van der Waals surface area contributed by atoms with Crippen LogP contribution in [0.4, 0.5) is 11.4 Å². The largest absolute Gasteiger partial charge is 0.313 e. The van der Waals surface area contributed by atoms with E-state index in [1.54, 1.807) is 20.5 Å². The zero-order chi connectivity index (χ0) is 28.1. The minimum absolute atomic E-state index is 0.0927. The van der Waals surface area contributed by atoms with Gasteiger partial charge in [-0.05, 0) is 55.3 Å². The monoisotopic (exact) mass is 520 g/mol. The lowest BCUT2D eigenvalue weighted by atomic mass is 9.94. The van der Waals surface area contributed by atoms with Crippen LogP contribution < -0.4 is 9.80 Å². The molecule has 2 amide bonds. The third-order valence-electron chi connectivity index (χ3n) is 6.46. The van der Waals surface area contributed by atoms with Gasteiger partial charge in [-0.1, -0.05) is 24.3 Å². The predicted octanol–water partition coefficient (Wildman–Crippen LogP) is 4.64. The second kappa shape index (κ2) is 11.5. The van der Waals surface area contributed by atoms with E-state index in [0.29, 0.717) is 69.9 Å². The highest BCUT2D eigenvalue weighted by Gasteiger charge is 2.21. The van der Waals surface area contributed by atoms with Gasteiger partial charge in [-0.2, -0.15) is 10.4 Å². The first-order valence-corrected chi connectivity index (χ1v) is 12.5. The molecule has 0 aliphatic carbocycles. The summed E-state index contributed by atoms with van der Waals surface area (Å²) >= 11 is 0. The van der Waals surface area contributed by atoms with Gasteiger partial charge in [0.05, 0.1) is 11.9 Å². The van der Waals surface area contributed by atoms with Crippen molar-refractivity contribution in [3.63, 3.8) is 0 Å². The van der Waals surface area contributed by atoms with Crippen molar-refractivity contribution >= 4 is 40.7 Å². The van der Waals surface area contributed by atoms with Gasteiger partial charge in [0.1, 0.15) is 17.9 Å². The van der Waals surface area contributed by atoms with Gasteiger partial charge in [-0.25, -0.2) is 9.50 Å². The summed E-state index contributed by atoms with van der Waals surface area (Å²) in [4.78, 5) is 44.2. The lowest BCUT2D eigenvalue weighted by Crippen LogP contribution is -2.27. The van der Waals surface area contributed by atoms with Crippen LogP contribution in [0.5, 0.6) is 0 Å². The van der Waals surface area contributed by atoms with Crippen molar-refractivity contribution in [2.45, 2.75) is 27.7 Å². The number of fused-ring (bicyclic) bond motifs is 1. The number of aldehydes is 1. The molecule has 196 valence electrons. The zero-order valence-electron chi connectivity index (χ0n) is 22.3. The molecule has 2 aromatic heterocycles. The summed E-state index contributed by atoms with van der Waals surface area (Å²) in [7, 11) is 0. The maximum Gasteiger partial charge on any atom is 0.223 e. The molecular formula is C30H28N6O3. The Hall–Kier alpha value is -5.10. The quantitative estimate of drug-likeness (QED) is 0.247. The van der Waals surface area contributed by atoms with Gasteiger partial charge in [0.25, 0.3) is 0 Å². The molecule has 0 N–H and O–H groups in total. The first kappa shape index (κ1) is 26.9. The Bertz CT molecular complexity index is 1650. The lowest BCUT2D eigenvalue weighted by Gasteiger charge is -2.22. The van der Waals surface area contributed by atoms with Crippen molar-refractivity contribution in [2.24, 2.45) is 0 Å². The molecule has 0 aliphatic rings. The Kier molecular flexibility index (Phi) is 7.96. The summed E-state index contributed by atoms with van der Waals surface area (Å²) in [6.07, 6.45) is 5.21. The van der Waals surface area contributed by atoms with Crippen LogP contribution in [-0.2, 0) is 14.4 Å². The normalized spacial score (nSPS) is 11.2. The van der Waals surface area contributed by atoms with E-state index in [1.807, 2.05) is 62.4 Å². The molecule has 0 saturated heterocycles. The summed E-state index contributed by atoms with van der Waals surface area (Å²) < 4.78 is 1.58. The maximum absolute atomic E-state index is 12.3. The second-order valence-electron chi connectivity index (χ2n) is 8.77. The number of carbonyl (C=O) groups is 3. The molecule has 9 nitrogen and oxygen atoms in total. The molecule has 4 rings (SSSR count). The number of amides is 2. The van der Waals surface area contributed by atoms with Crippen LogP contribution in [0.2, 0.25) is 0 Å². The van der Waals surface area contributed by atoms with Gasteiger partial charge < -0.3 is 9.80 Å². The summed E-state index contributed by atoms with van der Waals surface area (Å²) in [5.41, 5.74) is 5.24. The molecule has 2 aromatic carbocycles. The summed E-state index contributed by atoms with van der Waals surface area (Å²) in [5.74, 6) is -0.187. The van der Waals surface area contributed by atoms with E-state index in [1.165, 1.54) is 26.1 Å². The van der Waals surface area contributed by atoms with E-state index < -0.39 is 0 Å². The van der Waals surface area contributed by atoms with Gasteiger partial charge >= 0.3 is 0 Å². The highest BCUT2D eigenvalue weighted by molar-refractivity contribution is 5.97. The molecular weight excluding hydrogens is 492 g/mol. The van der Waals surface area contributed by atoms with E-state index in [9.17, 15) is 19.6 Å². The summed E-state index contributed by atoms with van der Waals surface area (Å²) in [6, 6.07) is 16.9. The van der Waals surface area contributed by atoms with Crippen molar-refractivity contribution in [1.29, 1.82) is 5.26 Å². The number of allylic oxidation sites excluding steroid dienone is 1. The highest BCUT2D eigenvalue weighted by Crippen LogP contribution is 2.35. The Morgan fingerprint density at radius 3 is 2.21 bits per heavy atom. The van der Waals surface area contributed by atoms with Crippen molar-refractivity contribution < 1.29 is 14.4 Å². The van der Waals surface area contributed by atoms with Crippen LogP contribution >= 0.6 is 0 Å². The van der Waals surface area contributed by atoms with Gasteiger partial charge in [0.2, 0.25) is 11.8 Å². The number of nitriles is 1. The lowest BCUT2D eigenvalue weighted by molar-refractivity contribution is -0.117. The standard InChI is InChI=1S/C30H28N6O3/c1-5-34(20(3)38)25-11-7-9-22(15-25)27(13-14-37)28-19-32-30-24(17-31)18-33-36(30)29(28)23-10-8-12-26(16-23)35(6-2)21(4)39/h7-16,18-19H,5-6H2,1-4H3. The van der Waals surface area contributed by atoms with E-state index in [0.717, 1.165) is 0 Å². The molecule has 0 fully saturated rings. The summed E-state index contributed by atoms with van der Waals surface area (Å²) in [5, 5.41) is 14.1. The fourth-order valence-corrected chi connectivity index (χ4v) is 4.73. The summed E-state index contributed by atoms with van der Waals surface area (Å²) in [6.45, 7) is 7.79. The number of rotatable bonds is 8. The van der Waals surface area contributed by atoms with Crippen molar-refractivity contribution in [2.75, 3.05) is 22.9 Å². The predicted molar refractivity (Wildman–Crippen MR) is 150 cm³/mol. The molecule has 0 saturated carbocycles. The average Bonchev–Trinajstić information content (AvgIpc) is 3.35. The van der Waals surface area contributed by atoms with Crippen LogP contribution in [0.15, 0.2) is 67.0 Å². The molecule has 0 spiro atoms. The van der Waals surface area contributed by atoms with Crippen molar-refractivity contribution in [3.05, 3.63) is 83.7 Å². The van der Waals surface area contributed by atoms with Crippen LogP contribution in [0, 0.1) is 11.3 Å².